The van der Waals surface area contributed by atoms with Crippen molar-refractivity contribution in [3.8, 4) is 0 Å². The fourth-order valence-corrected chi connectivity index (χ4v) is 6.79. The second-order valence-electron chi connectivity index (χ2n) is 15.4. The lowest BCUT2D eigenvalue weighted by Gasteiger charge is -2.10. The number of amides is 7. The Hall–Kier alpha value is -8.14. The predicted molar refractivity (Wildman–Crippen MR) is 239 cm³/mol. The van der Waals surface area contributed by atoms with Crippen molar-refractivity contribution in [1.82, 2.24) is 47.9 Å². The van der Waals surface area contributed by atoms with Crippen LogP contribution in [0.2, 0.25) is 0 Å². The van der Waals surface area contributed by atoms with E-state index >= 15 is 0 Å². The smallest absolute Gasteiger partial charge is 0.291 e. The van der Waals surface area contributed by atoms with E-state index < -0.39 is 42.0 Å². The third kappa shape index (κ3) is 10.8. The lowest BCUT2D eigenvalue weighted by Crippen LogP contribution is -2.33. The Bertz CT molecular complexity index is 2760. The molecule has 0 unspecified atom stereocenters. The number of carbonyl (C=O) groups excluding carboxylic acids is 7. The van der Waals surface area contributed by atoms with Gasteiger partial charge in [-0.25, -0.2) is 4.98 Å². The molecule has 6 aromatic rings. The molecular formula is C42H51N15O7. The summed E-state index contributed by atoms with van der Waals surface area (Å²) in [6.45, 7) is 0.952. The van der Waals surface area contributed by atoms with Gasteiger partial charge in [0.2, 0.25) is 5.91 Å². The van der Waals surface area contributed by atoms with Crippen LogP contribution in [-0.2, 0) is 47.1 Å². The van der Waals surface area contributed by atoms with Gasteiger partial charge in [0.1, 0.15) is 28.5 Å². The molecule has 0 bridgehead atoms. The quantitative estimate of drug-likeness (QED) is 0.0663. The van der Waals surface area contributed by atoms with Gasteiger partial charge in [-0.15, -0.1) is 0 Å². The first-order chi connectivity index (χ1) is 30.4. The molecule has 0 radical (unpaired) electrons. The molecule has 0 aliphatic heterocycles. The molecular weight excluding hydrogens is 827 g/mol. The fraction of sp³-hybridized carbons (Fsp3) is 0.286. The highest BCUT2D eigenvalue weighted by atomic mass is 16.2. The van der Waals surface area contributed by atoms with Gasteiger partial charge in [-0.1, -0.05) is 0 Å². The highest BCUT2D eigenvalue weighted by Crippen LogP contribution is 2.21. The second-order valence-corrected chi connectivity index (χ2v) is 15.4. The zero-order chi connectivity index (χ0) is 46.4. The Labute approximate surface area is 367 Å². The topological polar surface area (TPSA) is 249 Å². The molecule has 6 heterocycles. The predicted octanol–water partition coefficient (Wildman–Crippen LogP) is 2.17. The number of nitrogens with one attached hydrogen (secondary N) is 7. The molecule has 0 fully saturated rings. The van der Waals surface area contributed by atoms with E-state index in [4.69, 9.17) is 0 Å². The van der Waals surface area contributed by atoms with E-state index in [0.717, 1.165) is 13.0 Å². The molecule has 0 aliphatic rings. The van der Waals surface area contributed by atoms with E-state index in [9.17, 15) is 33.6 Å². The second kappa shape index (κ2) is 19.3. The van der Waals surface area contributed by atoms with E-state index in [1.54, 1.807) is 97.6 Å². The van der Waals surface area contributed by atoms with Crippen molar-refractivity contribution in [2.75, 3.05) is 60.3 Å². The van der Waals surface area contributed by atoms with Crippen LogP contribution in [0.5, 0.6) is 0 Å². The molecule has 0 spiro atoms. The number of aromatic nitrogens is 7. The van der Waals surface area contributed by atoms with Gasteiger partial charge < -0.3 is 69.5 Å². The third-order valence-electron chi connectivity index (χ3n) is 10.0. The van der Waals surface area contributed by atoms with Crippen LogP contribution in [0.25, 0.3) is 0 Å². The maximum Gasteiger partial charge on any atom is 0.291 e. The molecule has 336 valence electrons. The van der Waals surface area contributed by atoms with E-state index in [-0.39, 0.29) is 34.5 Å². The molecule has 7 amide bonds. The van der Waals surface area contributed by atoms with Gasteiger partial charge in [0.05, 0.1) is 35.0 Å². The number of carbonyl (C=O) groups is 7. The Morgan fingerprint density at radius 2 is 0.844 bits per heavy atom. The van der Waals surface area contributed by atoms with Crippen molar-refractivity contribution in [2.24, 2.45) is 42.3 Å². The van der Waals surface area contributed by atoms with Gasteiger partial charge in [0.25, 0.3) is 35.4 Å². The number of hydrogen-bond acceptors (Lipinski definition) is 9. The number of hydrogen-bond donors (Lipinski definition) is 7. The van der Waals surface area contributed by atoms with E-state index in [1.165, 1.54) is 45.8 Å². The summed E-state index contributed by atoms with van der Waals surface area (Å²) in [6, 6.07) is 7.54. The van der Waals surface area contributed by atoms with Crippen LogP contribution in [0.1, 0.15) is 69.5 Å². The summed E-state index contributed by atoms with van der Waals surface area (Å²) in [4.78, 5) is 96.9. The van der Waals surface area contributed by atoms with Gasteiger partial charge in [0.15, 0.2) is 5.82 Å². The highest BCUT2D eigenvalue weighted by molar-refractivity contribution is 6.09. The van der Waals surface area contributed by atoms with Crippen LogP contribution >= 0.6 is 0 Å². The summed E-state index contributed by atoms with van der Waals surface area (Å²) in [5, 5.41) is 19.1. The summed E-state index contributed by atoms with van der Waals surface area (Å²) < 4.78 is 9.31. The molecule has 0 aromatic carbocycles. The average molecular weight is 878 g/mol. The van der Waals surface area contributed by atoms with Gasteiger partial charge in [0, 0.05) is 92.2 Å². The summed E-state index contributed by atoms with van der Waals surface area (Å²) in [5.74, 6) is -3.08. The molecule has 7 N–H and O–H groups in total. The number of rotatable bonds is 17. The molecule has 64 heavy (non-hydrogen) atoms. The third-order valence-corrected chi connectivity index (χ3v) is 10.0. The van der Waals surface area contributed by atoms with Crippen molar-refractivity contribution < 1.29 is 33.6 Å². The molecule has 6 rings (SSSR count). The van der Waals surface area contributed by atoms with Gasteiger partial charge in [-0.2, -0.15) is 0 Å². The Balaban J connectivity index is 0.977. The molecule has 6 aromatic heterocycles. The van der Waals surface area contributed by atoms with Gasteiger partial charge >= 0.3 is 0 Å². The van der Waals surface area contributed by atoms with Gasteiger partial charge in [-0.05, 0) is 57.4 Å². The summed E-state index contributed by atoms with van der Waals surface area (Å²) in [5.41, 5.74) is 3.03. The Morgan fingerprint density at radius 1 is 0.484 bits per heavy atom. The van der Waals surface area contributed by atoms with Crippen molar-refractivity contribution in [1.29, 1.82) is 0 Å². The van der Waals surface area contributed by atoms with Crippen molar-refractivity contribution in [3.05, 3.63) is 108 Å². The summed E-state index contributed by atoms with van der Waals surface area (Å²) in [6.07, 6.45) is 11.8. The number of nitrogens with zero attached hydrogens (tertiary/aromatic N) is 8. The zero-order valence-electron chi connectivity index (χ0n) is 36.7. The largest absolute Gasteiger partial charge is 0.351 e. The van der Waals surface area contributed by atoms with E-state index in [0.29, 0.717) is 40.7 Å². The maximum atomic E-state index is 13.3. The normalized spacial score (nSPS) is 11.0. The monoisotopic (exact) mass is 877 g/mol. The molecule has 0 atom stereocenters. The minimum atomic E-state index is -0.581. The Morgan fingerprint density at radius 3 is 1.22 bits per heavy atom. The highest BCUT2D eigenvalue weighted by Gasteiger charge is 2.21. The van der Waals surface area contributed by atoms with Crippen LogP contribution in [0.3, 0.4) is 0 Å². The first-order valence-electron chi connectivity index (χ1n) is 19.9. The maximum absolute atomic E-state index is 13.3. The van der Waals surface area contributed by atoms with Gasteiger partial charge in [-0.3, -0.25) is 33.6 Å². The fourth-order valence-electron chi connectivity index (χ4n) is 6.79. The minimum absolute atomic E-state index is 0.165. The molecule has 22 nitrogen and oxygen atoms in total. The molecule has 22 heteroatoms. The van der Waals surface area contributed by atoms with Crippen molar-refractivity contribution in [3.63, 3.8) is 0 Å². The lowest BCUT2D eigenvalue weighted by atomic mass is 10.3. The summed E-state index contributed by atoms with van der Waals surface area (Å²) >= 11 is 0. The average Bonchev–Trinajstić information content (AvgIpc) is 4.09. The summed E-state index contributed by atoms with van der Waals surface area (Å²) in [7, 11) is 13.9. The number of aryl methyl sites for hydroxylation is 6. The zero-order valence-corrected chi connectivity index (χ0v) is 36.7. The standard InChI is InChI=1S/C42H51N15O7/c1-51(2)12-9-10-44-37(59)30-15-26(21-53(30)4)47-40(62)33-17-28(23-56(33)7)49-39(61)32-14-25(20-55(32)6)46-35(58)19-45-38(60)31-16-27(22-54(31)5)48-41(63)34-18-29(24-57(34)8)50-42(64)36-43-11-13-52(36)3/h11,13-18,20-24H,9-10,12,19H2,1-8H3,(H,44,59)(H,45,60)(H,46,58)(H,47,62)(H,48,63)(H,49,61)(H,50,64). The first kappa shape index (κ1) is 45.4. The van der Waals surface area contributed by atoms with Crippen LogP contribution in [0.15, 0.2) is 73.7 Å². The minimum Gasteiger partial charge on any atom is -0.351 e. The van der Waals surface area contributed by atoms with Crippen LogP contribution < -0.4 is 37.2 Å². The van der Waals surface area contributed by atoms with Crippen LogP contribution in [0, 0.1) is 0 Å². The number of imidazole rings is 1. The van der Waals surface area contributed by atoms with Crippen LogP contribution in [-0.4, -0.2) is 112 Å². The van der Waals surface area contributed by atoms with Crippen molar-refractivity contribution in [2.45, 2.75) is 6.42 Å². The lowest BCUT2D eigenvalue weighted by molar-refractivity contribution is -0.115. The first-order valence-corrected chi connectivity index (χ1v) is 19.9. The molecule has 0 saturated heterocycles. The molecule has 0 saturated carbocycles. The van der Waals surface area contributed by atoms with Crippen LogP contribution in [0.4, 0.5) is 28.4 Å². The SMILES string of the molecule is CN(C)CCCNC(=O)c1cc(NC(=O)c2cc(NC(=O)c3cc(NC(=O)CNC(=O)c4cc(NC(=O)c5cc(NC(=O)c6nccn6C)cn5C)cn4C)cn3C)cn2C)cn1C. The van der Waals surface area contributed by atoms with E-state index in [2.05, 4.69) is 42.2 Å². The number of anilines is 5. The Kier molecular flexibility index (Phi) is 13.7. The van der Waals surface area contributed by atoms with Crippen molar-refractivity contribution >= 4 is 69.8 Å². The molecule has 0 aliphatic carbocycles. The van der Waals surface area contributed by atoms with E-state index in [1.807, 2.05) is 19.0 Å².